The van der Waals surface area contributed by atoms with Crippen LogP contribution in [0, 0.1) is 0 Å². The van der Waals surface area contributed by atoms with Crippen LogP contribution in [0.15, 0.2) is 30.7 Å². The molecule has 0 radical (unpaired) electrons. The fraction of sp³-hybridized carbons (Fsp3) is 0.474. The molecule has 2 aromatic heterocycles. The van der Waals surface area contributed by atoms with Crippen molar-refractivity contribution in [2.24, 2.45) is 0 Å². The van der Waals surface area contributed by atoms with Gasteiger partial charge >= 0.3 is 6.09 Å². The number of aromatic nitrogens is 2. The quantitative estimate of drug-likeness (QED) is 0.795. The van der Waals surface area contributed by atoms with E-state index in [9.17, 15) is 9.59 Å². The molecule has 138 valence electrons. The molecule has 3 heterocycles. The zero-order chi connectivity index (χ0) is 18.7. The summed E-state index contributed by atoms with van der Waals surface area (Å²) in [5, 5.41) is 1.13. The van der Waals surface area contributed by atoms with Crippen molar-refractivity contribution in [1.29, 1.82) is 0 Å². The molecule has 0 saturated carbocycles. The van der Waals surface area contributed by atoms with Crippen LogP contribution in [-0.4, -0.2) is 50.0 Å². The Bertz CT molecular complexity index is 811. The van der Waals surface area contributed by atoms with Gasteiger partial charge in [-0.05, 0) is 45.7 Å². The fourth-order valence-corrected chi connectivity index (χ4v) is 3.78. The Morgan fingerprint density at radius 2 is 1.96 bits per heavy atom. The molecule has 1 amide bonds. The second-order valence-electron chi connectivity index (χ2n) is 7.36. The Kier molecular flexibility index (Phi) is 5.46. The van der Waals surface area contributed by atoms with Crippen molar-refractivity contribution >= 4 is 33.9 Å². The first kappa shape index (κ1) is 18.6. The number of fused-ring (bicyclic) bond motifs is 1. The SMILES string of the molecule is CC(C)(C)OC(=O)N1CCC(SC(=O)c2cnc3cnccc3c2)CC1. The van der Waals surface area contributed by atoms with Crippen molar-refractivity contribution < 1.29 is 14.3 Å². The van der Waals surface area contributed by atoms with Crippen LogP contribution in [0.5, 0.6) is 0 Å². The third-order valence-electron chi connectivity index (χ3n) is 4.09. The van der Waals surface area contributed by atoms with E-state index in [1.807, 2.05) is 32.9 Å². The Morgan fingerprint density at radius 3 is 2.65 bits per heavy atom. The number of thioether (sulfide) groups is 1. The average Bonchev–Trinajstić information content (AvgIpc) is 2.60. The minimum Gasteiger partial charge on any atom is -0.444 e. The summed E-state index contributed by atoms with van der Waals surface area (Å²) >= 11 is 1.34. The van der Waals surface area contributed by atoms with E-state index in [1.165, 1.54) is 11.8 Å². The molecule has 1 saturated heterocycles. The summed E-state index contributed by atoms with van der Waals surface area (Å²) in [5.41, 5.74) is 0.889. The maximum atomic E-state index is 12.6. The lowest BCUT2D eigenvalue weighted by molar-refractivity contribution is 0.0219. The molecule has 0 unspecified atom stereocenters. The highest BCUT2D eigenvalue weighted by molar-refractivity contribution is 8.14. The average molecular weight is 373 g/mol. The number of pyridine rings is 2. The molecule has 0 aliphatic carbocycles. The number of carbonyl (C=O) groups is 2. The van der Waals surface area contributed by atoms with Gasteiger partial charge in [0.2, 0.25) is 5.12 Å². The third-order valence-corrected chi connectivity index (χ3v) is 5.34. The minimum atomic E-state index is -0.489. The maximum absolute atomic E-state index is 12.6. The number of carbonyl (C=O) groups excluding carboxylic acids is 2. The van der Waals surface area contributed by atoms with Gasteiger partial charge in [-0.15, -0.1) is 0 Å². The number of hydrogen-bond acceptors (Lipinski definition) is 6. The number of rotatable bonds is 2. The van der Waals surface area contributed by atoms with Gasteiger partial charge in [0.25, 0.3) is 0 Å². The Morgan fingerprint density at radius 1 is 1.23 bits per heavy atom. The Balaban J connectivity index is 1.55. The van der Waals surface area contributed by atoms with Crippen LogP contribution in [0.2, 0.25) is 0 Å². The second-order valence-corrected chi connectivity index (χ2v) is 8.64. The molecule has 1 aliphatic heterocycles. The largest absolute Gasteiger partial charge is 0.444 e. The topological polar surface area (TPSA) is 72.4 Å². The van der Waals surface area contributed by atoms with Crippen molar-refractivity contribution in [3.8, 4) is 0 Å². The van der Waals surface area contributed by atoms with E-state index in [2.05, 4.69) is 9.97 Å². The lowest BCUT2D eigenvalue weighted by atomic mass is 10.1. The van der Waals surface area contributed by atoms with E-state index >= 15 is 0 Å². The molecule has 1 fully saturated rings. The van der Waals surface area contributed by atoms with Crippen molar-refractivity contribution in [2.45, 2.75) is 44.5 Å². The van der Waals surface area contributed by atoms with E-state index < -0.39 is 5.60 Å². The molecule has 0 bridgehead atoms. The number of amides is 1. The van der Waals surface area contributed by atoms with Gasteiger partial charge in [0, 0.05) is 41.7 Å². The lowest BCUT2D eigenvalue weighted by Gasteiger charge is -2.32. The van der Waals surface area contributed by atoms with E-state index in [1.54, 1.807) is 23.5 Å². The molecule has 2 aromatic rings. The molecular formula is C19H23N3O3S. The summed E-state index contributed by atoms with van der Waals surface area (Å²) in [4.78, 5) is 34.7. The van der Waals surface area contributed by atoms with E-state index in [0.717, 1.165) is 23.7 Å². The summed E-state index contributed by atoms with van der Waals surface area (Å²) < 4.78 is 5.40. The molecular weight excluding hydrogens is 350 g/mol. The first-order valence-electron chi connectivity index (χ1n) is 8.70. The fourth-order valence-electron chi connectivity index (χ4n) is 2.78. The predicted molar refractivity (Wildman–Crippen MR) is 102 cm³/mol. The van der Waals surface area contributed by atoms with Gasteiger partial charge < -0.3 is 9.64 Å². The van der Waals surface area contributed by atoms with Gasteiger partial charge in [-0.3, -0.25) is 14.8 Å². The molecule has 0 N–H and O–H groups in total. The number of nitrogens with zero attached hydrogens (tertiary/aromatic N) is 3. The minimum absolute atomic E-state index is 0.0203. The maximum Gasteiger partial charge on any atom is 0.410 e. The molecule has 3 rings (SSSR count). The predicted octanol–water partition coefficient (Wildman–Crippen LogP) is 3.90. The summed E-state index contributed by atoms with van der Waals surface area (Å²) in [6.07, 6.45) is 6.26. The summed E-state index contributed by atoms with van der Waals surface area (Å²) in [6, 6.07) is 3.71. The van der Waals surface area contributed by atoms with Crippen molar-refractivity contribution in [1.82, 2.24) is 14.9 Å². The van der Waals surface area contributed by atoms with E-state index in [-0.39, 0.29) is 16.5 Å². The van der Waals surface area contributed by atoms with Crippen molar-refractivity contribution in [2.75, 3.05) is 13.1 Å². The van der Waals surface area contributed by atoms with Gasteiger partial charge in [0.1, 0.15) is 5.60 Å². The normalized spacial score (nSPS) is 15.9. The van der Waals surface area contributed by atoms with Crippen LogP contribution in [-0.2, 0) is 4.74 Å². The van der Waals surface area contributed by atoms with Crippen LogP contribution in [0.3, 0.4) is 0 Å². The van der Waals surface area contributed by atoms with E-state index in [4.69, 9.17) is 4.74 Å². The van der Waals surface area contributed by atoms with Crippen LogP contribution >= 0.6 is 11.8 Å². The van der Waals surface area contributed by atoms with Crippen LogP contribution in [0.4, 0.5) is 4.79 Å². The van der Waals surface area contributed by atoms with Gasteiger partial charge in [0.15, 0.2) is 0 Å². The third kappa shape index (κ3) is 4.72. The number of piperidine rings is 1. The molecule has 0 spiro atoms. The molecule has 6 nitrogen and oxygen atoms in total. The van der Waals surface area contributed by atoms with Gasteiger partial charge in [0.05, 0.1) is 11.7 Å². The number of likely N-dealkylation sites (tertiary alicyclic amines) is 1. The number of hydrogen-bond donors (Lipinski definition) is 0. The molecule has 7 heteroatoms. The molecule has 0 aromatic carbocycles. The second kappa shape index (κ2) is 7.61. The smallest absolute Gasteiger partial charge is 0.410 e. The Labute approximate surface area is 157 Å². The highest BCUT2D eigenvalue weighted by Crippen LogP contribution is 2.28. The molecule has 26 heavy (non-hydrogen) atoms. The standard InChI is InChI=1S/C19H23N3O3S/c1-19(2,3)25-18(24)22-8-5-15(6-9-22)26-17(23)14-10-13-4-7-20-12-16(13)21-11-14/h4,7,10-12,15H,5-6,8-9H2,1-3H3. The first-order chi connectivity index (χ1) is 12.3. The zero-order valence-corrected chi connectivity index (χ0v) is 16.1. The van der Waals surface area contributed by atoms with Crippen LogP contribution in [0.1, 0.15) is 44.0 Å². The summed E-state index contributed by atoms with van der Waals surface area (Å²) in [6.45, 7) is 6.81. The molecule has 1 aliphatic rings. The highest BCUT2D eigenvalue weighted by atomic mass is 32.2. The summed E-state index contributed by atoms with van der Waals surface area (Å²) in [7, 11) is 0. The number of ether oxygens (including phenoxy) is 1. The highest BCUT2D eigenvalue weighted by Gasteiger charge is 2.28. The zero-order valence-electron chi connectivity index (χ0n) is 15.3. The molecule has 0 atom stereocenters. The monoisotopic (exact) mass is 373 g/mol. The van der Waals surface area contributed by atoms with Crippen molar-refractivity contribution in [3.63, 3.8) is 0 Å². The lowest BCUT2D eigenvalue weighted by Crippen LogP contribution is -2.42. The summed E-state index contributed by atoms with van der Waals surface area (Å²) in [5.74, 6) is 0. The Hall–Kier alpha value is -2.15. The van der Waals surface area contributed by atoms with Gasteiger partial charge in [-0.2, -0.15) is 0 Å². The van der Waals surface area contributed by atoms with Crippen LogP contribution < -0.4 is 0 Å². The van der Waals surface area contributed by atoms with Crippen LogP contribution in [0.25, 0.3) is 10.9 Å². The van der Waals surface area contributed by atoms with Crippen molar-refractivity contribution in [3.05, 3.63) is 36.3 Å². The van der Waals surface area contributed by atoms with Gasteiger partial charge in [-0.25, -0.2) is 4.79 Å². The first-order valence-corrected chi connectivity index (χ1v) is 9.58. The van der Waals surface area contributed by atoms with E-state index in [0.29, 0.717) is 18.7 Å². The van der Waals surface area contributed by atoms with Gasteiger partial charge in [-0.1, -0.05) is 11.8 Å².